The van der Waals surface area contributed by atoms with E-state index in [1.807, 2.05) is 25.1 Å². The molecule has 2 heteroatoms. The average molecular weight is 234 g/mol. The first-order valence-corrected chi connectivity index (χ1v) is 6.28. The lowest BCUT2D eigenvalue weighted by Gasteiger charge is -2.09. The highest BCUT2D eigenvalue weighted by Gasteiger charge is 2.11. The fourth-order valence-corrected chi connectivity index (χ4v) is 1.97. The van der Waals surface area contributed by atoms with Gasteiger partial charge in [0.1, 0.15) is 0 Å². The van der Waals surface area contributed by atoms with Crippen LogP contribution < -0.4 is 0 Å². The van der Waals surface area contributed by atoms with E-state index in [4.69, 9.17) is 4.74 Å². The van der Waals surface area contributed by atoms with Gasteiger partial charge in [-0.2, -0.15) is 0 Å². The Balaban J connectivity index is 2.65. The summed E-state index contributed by atoms with van der Waals surface area (Å²) in [4.78, 5) is 12.0. The molecule has 2 nitrogen and oxygen atoms in total. The van der Waals surface area contributed by atoms with Crippen molar-refractivity contribution in [2.24, 2.45) is 5.92 Å². The smallest absolute Gasteiger partial charge is 0.163 e. The highest BCUT2D eigenvalue weighted by atomic mass is 16.5. The van der Waals surface area contributed by atoms with Gasteiger partial charge < -0.3 is 4.74 Å². The van der Waals surface area contributed by atoms with E-state index >= 15 is 0 Å². The van der Waals surface area contributed by atoms with Gasteiger partial charge >= 0.3 is 0 Å². The van der Waals surface area contributed by atoms with Gasteiger partial charge in [0.2, 0.25) is 0 Å². The van der Waals surface area contributed by atoms with Crippen molar-refractivity contribution >= 4 is 5.78 Å². The van der Waals surface area contributed by atoms with Crippen molar-refractivity contribution in [1.29, 1.82) is 0 Å². The molecule has 17 heavy (non-hydrogen) atoms. The van der Waals surface area contributed by atoms with Crippen LogP contribution in [0.4, 0.5) is 0 Å². The van der Waals surface area contributed by atoms with E-state index in [9.17, 15) is 4.79 Å². The second kappa shape index (κ2) is 7.23. The molecule has 0 aliphatic carbocycles. The summed E-state index contributed by atoms with van der Waals surface area (Å²) in [5, 5.41) is 0. The number of carbonyl (C=O) groups is 1. The van der Waals surface area contributed by atoms with Crippen LogP contribution in [0.5, 0.6) is 0 Å². The van der Waals surface area contributed by atoms with Crippen LogP contribution >= 0.6 is 0 Å². The topological polar surface area (TPSA) is 26.3 Å². The molecule has 1 rings (SSSR count). The molecule has 1 aromatic rings. The third-order valence-electron chi connectivity index (χ3n) is 2.77. The number of rotatable bonds is 7. The van der Waals surface area contributed by atoms with Crippen molar-refractivity contribution in [2.45, 2.75) is 33.1 Å². The van der Waals surface area contributed by atoms with Crippen LogP contribution in [0, 0.1) is 5.92 Å². The number of ether oxygens (including phenoxy) is 1. The standard InChI is InChI=1S/C15H22O2/c1-4-6-13-7-5-8-14(10-13)15(16)9-12(2)11-17-3/h5,7-8,10,12H,4,6,9,11H2,1-3H3. The maximum Gasteiger partial charge on any atom is 0.163 e. The van der Waals surface area contributed by atoms with E-state index in [0.717, 1.165) is 18.4 Å². The summed E-state index contributed by atoms with van der Waals surface area (Å²) in [6, 6.07) is 7.98. The minimum Gasteiger partial charge on any atom is -0.384 e. The van der Waals surface area contributed by atoms with Gasteiger partial charge in [-0.1, -0.05) is 38.5 Å². The Morgan fingerprint density at radius 1 is 1.41 bits per heavy atom. The third kappa shape index (κ3) is 4.70. The van der Waals surface area contributed by atoms with Crippen LogP contribution in [0.2, 0.25) is 0 Å². The van der Waals surface area contributed by atoms with Crippen molar-refractivity contribution in [1.82, 2.24) is 0 Å². The number of benzene rings is 1. The van der Waals surface area contributed by atoms with Gasteiger partial charge in [-0.05, 0) is 24.0 Å². The number of hydrogen-bond donors (Lipinski definition) is 0. The molecular weight excluding hydrogens is 212 g/mol. The van der Waals surface area contributed by atoms with E-state index in [1.54, 1.807) is 7.11 Å². The first kappa shape index (κ1) is 13.9. The maximum atomic E-state index is 12.0. The van der Waals surface area contributed by atoms with Crippen LogP contribution in [0.3, 0.4) is 0 Å². The molecule has 1 aromatic carbocycles. The largest absolute Gasteiger partial charge is 0.384 e. The molecule has 0 heterocycles. The number of ketones is 1. The molecule has 0 N–H and O–H groups in total. The summed E-state index contributed by atoms with van der Waals surface area (Å²) in [5.41, 5.74) is 2.08. The van der Waals surface area contributed by atoms with Crippen molar-refractivity contribution in [3.63, 3.8) is 0 Å². The Hall–Kier alpha value is -1.15. The van der Waals surface area contributed by atoms with Crippen molar-refractivity contribution in [2.75, 3.05) is 13.7 Å². The Bertz CT molecular complexity index is 358. The van der Waals surface area contributed by atoms with E-state index in [2.05, 4.69) is 13.0 Å². The molecule has 0 saturated heterocycles. The predicted molar refractivity (Wildman–Crippen MR) is 70.4 cm³/mol. The summed E-state index contributed by atoms with van der Waals surface area (Å²) < 4.78 is 5.05. The quantitative estimate of drug-likeness (QED) is 0.675. The van der Waals surface area contributed by atoms with Crippen LogP contribution in [-0.4, -0.2) is 19.5 Å². The first-order chi connectivity index (χ1) is 8.17. The van der Waals surface area contributed by atoms with Crippen molar-refractivity contribution < 1.29 is 9.53 Å². The Morgan fingerprint density at radius 3 is 2.82 bits per heavy atom. The van der Waals surface area contributed by atoms with Crippen LogP contribution in [0.15, 0.2) is 24.3 Å². The molecule has 0 aliphatic rings. The van der Waals surface area contributed by atoms with Gasteiger partial charge in [0.25, 0.3) is 0 Å². The van der Waals surface area contributed by atoms with Gasteiger partial charge in [0.15, 0.2) is 5.78 Å². The highest BCUT2D eigenvalue weighted by Crippen LogP contribution is 2.13. The molecule has 0 bridgehead atoms. The number of carbonyl (C=O) groups excluding carboxylic acids is 1. The SMILES string of the molecule is CCCc1cccc(C(=O)CC(C)COC)c1. The number of methoxy groups -OCH3 is 1. The zero-order chi connectivity index (χ0) is 12.7. The molecule has 0 saturated carbocycles. The fourth-order valence-electron chi connectivity index (χ4n) is 1.97. The molecule has 0 aromatic heterocycles. The van der Waals surface area contributed by atoms with Gasteiger partial charge in [-0.15, -0.1) is 0 Å². The maximum absolute atomic E-state index is 12.0. The molecular formula is C15H22O2. The molecule has 94 valence electrons. The van der Waals surface area contributed by atoms with E-state index < -0.39 is 0 Å². The third-order valence-corrected chi connectivity index (χ3v) is 2.77. The van der Waals surface area contributed by atoms with Crippen LogP contribution in [0.25, 0.3) is 0 Å². The number of hydrogen-bond acceptors (Lipinski definition) is 2. The first-order valence-electron chi connectivity index (χ1n) is 6.28. The Morgan fingerprint density at radius 2 is 2.18 bits per heavy atom. The van der Waals surface area contributed by atoms with Gasteiger partial charge in [0.05, 0.1) is 0 Å². The van der Waals surface area contributed by atoms with E-state index in [0.29, 0.717) is 13.0 Å². The Kier molecular flexibility index (Phi) is 5.92. The number of aryl methyl sites for hydroxylation is 1. The van der Waals surface area contributed by atoms with Crippen LogP contribution in [-0.2, 0) is 11.2 Å². The minimum atomic E-state index is 0.215. The summed E-state index contributed by atoms with van der Waals surface area (Å²) >= 11 is 0. The molecule has 0 spiro atoms. The van der Waals surface area contributed by atoms with Crippen molar-refractivity contribution in [3.8, 4) is 0 Å². The lowest BCUT2D eigenvalue weighted by atomic mass is 9.98. The second-order valence-electron chi connectivity index (χ2n) is 4.64. The molecule has 0 amide bonds. The highest BCUT2D eigenvalue weighted by molar-refractivity contribution is 5.96. The lowest BCUT2D eigenvalue weighted by Crippen LogP contribution is -2.10. The predicted octanol–water partition coefficient (Wildman–Crippen LogP) is 3.49. The van der Waals surface area contributed by atoms with E-state index in [-0.39, 0.29) is 11.7 Å². The average Bonchev–Trinajstić information content (AvgIpc) is 2.30. The monoisotopic (exact) mass is 234 g/mol. The second-order valence-corrected chi connectivity index (χ2v) is 4.64. The molecule has 0 radical (unpaired) electrons. The molecule has 1 atom stereocenters. The molecule has 1 unspecified atom stereocenters. The van der Waals surface area contributed by atoms with Crippen LogP contribution in [0.1, 0.15) is 42.6 Å². The van der Waals surface area contributed by atoms with E-state index in [1.165, 1.54) is 5.56 Å². The van der Waals surface area contributed by atoms with Gasteiger partial charge in [-0.3, -0.25) is 4.79 Å². The zero-order valence-corrected chi connectivity index (χ0v) is 11.0. The zero-order valence-electron chi connectivity index (χ0n) is 11.0. The fraction of sp³-hybridized carbons (Fsp3) is 0.533. The summed E-state index contributed by atoms with van der Waals surface area (Å²) in [6.45, 7) is 4.83. The summed E-state index contributed by atoms with van der Waals surface area (Å²) in [5.74, 6) is 0.495. The van der Waals surface area contributed by atoms with Crippen molar-refractivity contribution in [3.05, 3.63) is 35.4 Å². The summed E-state index contributed by atoms with van der Waals surface area (Å²) in [6.07, 6.45) is 2.70. The normalized spacial score (nSPS) is 12.4. The van der Waals surface area contributed by atoms with Gasteiger partial charge in [0, 0.05) is 25.7 Å². The van der Waals surface area contributed by atoms with Gasteiger partial charge in [-0.25, -0.2) is 0 Å². The minimum absolute atomic E-state index is 0.215. The molecule has 0 aliphatic heterocycles. The summed E-state index contributed by atoms with van der Waals surface area (Å²) in [7, 11) is 1.67. The lowest BCUT2D eigenvalue weighted by molar-refractivity contribution is 0.0920. The molecule has 0 fully saturated rings. The Labute approximate surface area is 104 Å². The number of Topliss-reactive ketones (excluding diaryl/α,β-unsaturated/α-hetero) is 1.